The number of aromatic nitrogens is 1. The van der Waals surface area contributed by atoms with Gasteiger partial charge in [-0.3, -0.25) is 14.2 Å². The number of allylic oxidation sites excluding steroid dienone is 1. The molecular weight excluding hydrogens is 610 g/mol. The Morgan fingerprint density at radius 2 is 1.88 bits per heavy atom. The number of rotatable bonds is 8. The van der Waals surface area contributed by atoms with Crippen LogP contribution in [0.2, 0.25) is 0 Å². The Hall–Kier alpha value is -3.70. The van der Waals surface area contributed by atoms with E-state index in [1.165, 1.54) is 11.3 Å². The van der Waals surface area contributed by atoms with Gasteiger partial charge < -0.3 is 19.1 Å². The number of halogens is 1. The topological polar surface area (TPSA) is 99.4 Å². The van der Waals surface area contributed by atoms with Crippen molar-refractivity contribution in [3.63, 3.8) is 0 Å². The average Bonchev–Trinajstić information content (AvgIpc) is 3.60. The zero-order valence-electron chi connectivity index (χ0n) is 23.0. The lowest BCUT2D eigenvalue weighted by molar-refractivity contribution is -0.139. The highest BCUT2D eigenvalue weighted by Crippen LogP contribution is 2.35. The van der Waals surface area contributed by atoms with Crippen LogP contribution in [0.3, 0.4) is 0 Å². The molecule has 3 heterocycles. The van der Waals surface area contributed by atoms with Crippen LogP contribution in [0.15, 0.2) is 68.0 Å². The molecule has 9 nitrogen and oxygen atoms in total. The number of carbonyl (C=O) groups excluding carboxylic acids is 2. The van der Waals surface area contributed by atoms with Crippen molar-refractivity contribution >= 4 is 45.2 Å². The van der Waals surface area contributed by atoms with Gasteiger partial charge in [0.05, 0.1) is 40.0 Å². The van der Waals surface area contributed by atoms with E-state index in [4.69, 9.17) is 14.2 Å². The Morgan fingerprint density at radius 1 is 1.15 bits per heavy atom. The molecule has 2 aromatic carbocycles. The van der Waals surface area contributed by atoms with E-state index in [0.29, 0.717) is 42.1 Å². The summed E-state index contributed by atoms with van der Waals surface area (Å²) in [7, 11) is 1.57. The molecule has 214 valence electrons. The summed E-state index contributed by atoms with van der Waals surface area (Å²) >= 11 is 4.78. The largest absolute Gasteiger partial charge is 0.496 e. The molecule has 0 saturated carbocycles. The van der Waals surface area contributed by atoms with Crippen LogP contribution < -0.4 is 24.4 Å². The maximum atomic E-state index is 13.8. The third-order valence-electron chi connectivity index (χ3n) is 7.01. The van der Waals surface area contributed by atoms with Crippen molar-refractivity contribution in [2.24, 2.45) is 4.99 Å². The van der Waals surface area contributed by atoms with Gasteiger partial charge in [-0.05, 0) is 84.1 Å². The smallest absolute Gasteiger partial charge is 0.338 e. The van der Waals surface area contributed by atoms with Gasteiger partial charge in [-0.1, -0.05) is 29.5 Å². The maximum Gasteiger partial charge on any atom is 0.338 e. The molecule has 41 heavy (non-hydrogen) atoms. The van der Waals surface area contributed by atoms with Crippen LogP contribution in [-0.4, -0.2) is 54.8 Å². The number of likely N-dealkylation sites (tertiary alicyclic amines) is 1. The summed E-state index contributed by atoms with van der Waals surface area (Å²) in [4.78, 5) is 46.1. The van der Waals surface area contributed by atoms with E-state index in [1.807, 2.05) is 29.2 Å². The monoisotopic (exact) mass is 639 g/mol. The molecule has 0 unspecified atom stereocenters. The third kappa shape index (κ3) is 6.01. The van der Waals surface area contributed by atoms with Gasteiger partial charge in [0.1, 0.15) is 11.5 Å². The number of amides is 1. The highest BCUT2D eigenvalue weighted by atomic mass is 79.9. The average molecular weight is 641 g/mol. The summed E-state index contributed by atoms with van der Waals surface area (Å²) in [5.74, 6) is 0.686. The molecule has 0 bridgehead atoms. The summed E-state index contributed by atoms with van der Waals surface area (Å²) in [6.07, 6.45) is 3.86. The summed E-state index contributed by atoms with van der Waals surface area (Å²) in [6, 6.07) is 12.0. The van der Waals surface area contributed by atoms with Crippen molar-refractivity contribution in [2.45, 2.75) is 32.7 Å². The molecule has 0 N–H and O–H groups in total. The fraction of sp³-hybridized carbons (Fsp3) is 0.333. The molecule has 0 spiro atoms. The number of esters is 1. The van der Waals surface area contributed by atoms with Crippen molar-refractivity contribution < 1.29 is 23.8 Å². The Morgan fingerprint density at radius 3 is 2.54 bits per heavy atom. The lowest BCUT2D eigenvalue weighted by Crippen LogP contribution is -2.39. The van der Waals surface area contributed by atoms with E-state index in [-0.39, 0.29) is 24.7 Å². The minimum atomic E-state index is -0.724. The third-order valence-corrected chi connectivity index (χ3v) is 8.61. The molecule has 2 aliphatic heterocycles. The lowest BCUT2D eigenvalue weighted by Gasteiger charge is -2.25. The number of hydrogen-bond donors (Lipinski definition) is 0. The SMILES string of the molecule is CCOC(=O)C1=C(C)N=c2s/c(=C/c3ccc(OCC(=O)N4CCCC4)cc3)c(=O)n2[C@@H]1c1ccc(OC)c(Br)c1. The molecule has 5 rings (SSSR count). The number of carbonyl (C=O) groups is 2. The van der Waals surface area contributed by atoms with E-state index in [1.54, 1.807) is 49.8 Å². The predicted molar refractivity (Wildman–Crippen MR) is 159 cm³/mol. The molecule has 0 radical (unpaired) electrons. The summed E-state index contributed by atoms with van der Waals surface area (Å²) in [5, 5.41) is 0. The normalized spacial score (nSPS) is 16.8. The van der Waals surface area contributed by atoms with Crippen LogP contribution >= 0.6 is 27.3 Å². The number of fused-ring (bicyclic) bond motifs is 1. The second-order valence-electron chi connectivity index (χ2n) is 9.64. The molecule has 11 heteroatoms. The fourth-order valence-corrected chi connectivity index (χ4v) is 6.58. The van der Waals surface area contributed by atoms with Gasteiger partial charge in [-0.2, -0.15) is 0 Å². The van der Waals surface area contributed by atoms with E-state index in [9.17, 15) is 14.4 Å². The van der Waals surface area contributed by atoms with Crippen molar-refractivity contribution in [1.82, 2.24) is 9.47 Å². The van der Waals surface area contributed by atoms with Crippen molar-refractivity contribution in [2.75, 3.05) is 33.4 Å². The lowest BCUT2D eigenvalue weighted by atomic mass is 9.96. The first-order valence-electron chi connectivity index (χ1n) is 13.3. The van der Waals surface area contributed by atoms with Crippen LogP contribution in [0.5, 0.6) is 11.5 Å². The Balaban J connectivity index is 1.48. The Kier molecular flexibility index (Phi) is 8.74. The van der Waals surface area contributed by atoms with Gasteiger partial charge in [0.15, 0.2) is 11.4 Å². The van der Waals surface area contributed by atoms with Gasteiger partial charge in [-0.25, -0.2) is 9.79 Å². The minimum absolute atomic E-state index is 0.00156. The van der Waals surface area contributed by atoms with Crippen LogP contribution in [-0.2, 0) is 14.3 Å². The van der Waals surface area contributed by atoms with Gasteiger partial charge in [-0.15, -0.1) is 0 Å². The van der Waals surface area contributed by atoms with Crippen LogP contribution in [0.4, 0.5) is 0 Å². The molecule has 1 saturated heterocycles. The maximum absolute atomic E-state index is 13.8. The van der Waals surface area contributed by atoms with Crippen molar-refractivity contribution in [3.05, 3.63) is 89.0 Å². The number of ether oxygens (including phenoxy) is 3. The summed E-state index contributed by atoms with van der Waals surface area (Å²) in [6.45, 7) is 5.27. The van der Waals surface area contributed by atoms with Crippen LogP contribution in [0.25, 0.3) is 6.08 Å². The summed E-state index contributed by atoms with van der Waals surface area (Å²) < 4.78 is 19.1. The standard InChI is InChI=1S/C30H30BrN3O6S/c1-4-39-29(37)26-18(2)32-30-34(27(26)20-9-12-23(38-3)22(31)16-20)28(36)24(41-30)15-19-7-10-21(11-8-19)40-17-25(35)33-13-5-6-14-33/h7-12,15-16,27H,4-6,13-14,17H2,1-3H3/b24-15+/t27-/m1/s1. The quantitative estimate of drug-likeness (QED) is 0.350. The number of nitrogens with zero attached hydrogens (tertiary/aromatic N) is 3. The first-order valence-corrected chi connectivity index (χ1v) is 15.0. The van der Waals surface area contributed by atoms with E-state index in [0.717, 1.165) is 31.5 Å². The zero-order chi connectivity index (χ0) is 29.1. The zero-order valence-corrected chi connectivity index (χ0v) is 25.4. The number of methoxy groups -OCH3 is 1. The highest BCUT2D eigenvalue weighted by molar-refractivity contribution is 9.10. The van der Waals surface area contributed by atoms with Crippen LogP contribution in [0.1, 0.15) is 43.9 Å². The van der Waals surface area contributed by atoms with Crippen molar-refractivity contribution in [3.8, 4) is 11.5 Å². The second-order valence-corrected chi connectivity index (χ2v) is 11.5. The van der Waals surface area contributed by atoms with Crippen LogP contribution in [0, 0.1) is 0 Å². The molecule has 3 aromatic rings. The molecule has 2 aliphatic rings. The Labute approximate surface area is 249 Å². The van der Waals surface area contributed by atoms with Gasteiger partial charge in [0, 0.05) is 13.1 Å². The predicted octanol–water partition coefficient (Wildman–Crippen LogP) is 3.57. The van der Waals surface area contributed by atoms with Gasteiger partial charge >= 0.3 is 5.97 Å². The second kappa shape index (κ2) is 12.4. The Bertz CT molecular complexity index is 1690. The first kappa shape index (κ1) is 28.8. The van der Waals surface area contributed by atoms with E-state index < -0.39 is 12.0 Å². The number of thiazole rings is 1. The first-order chi connectivity index (χ1) is 19.8. The molecule has 1 fully saturated rings. The number of hydrogen-bond acceptors (Lipinski definition) is 8. The molecule has 1 aromatic heterocycles. The van der Waals surface area contributed by atoms with E-state index >= 15 is 0 Å². The van der Waals surface area contributed by atoms with E-state index in [2.05, 4.69) is 20.9 Å². The fourth-order valence-electron chi connectivity index (χ4n) is 4.97. The molecule has 1 atom stereocenters. The molecular formula is C30H30BrN3O6S. The van der Waals surface area contributed by atoms with Gasteiger partial charge in [0.2, 0.25) is 0 Å². The highest BCUT2D eigenvalue weighted by Gasteiger charge is 2.33. The molecule has 1 amide bonds. The number of benzene rings is 2. The van der Waals surface area contributed by atoms with Gasteiger partial charge in [0.25, 0.3) is 11.5 Å². The summed E-state index contributed by atoms with van der Waals surface area (Å²) in [5.41, 5.74) is 2.05. The minimum Gasteiger partial charge on any atom is -0.496 e. The molecule has 0 aliphatic carbocycles. The van der Waals surface area contributed by atoms with Crippen molar-refractivity contribution in [1.29, 1.82) is 0 Å².